The van der Waals surface area contributed by atoms with Gasteiger partial charge >= 0.3 is 5.97 Å². The smallest absolute Gasteiger partial charge is 0.335 e. The highest BCUT2D eigenvalue weighted by Crippen LogP contribution is 2.27. The number of carboxylic acid groups (broad SMARTS) is 1. The summed E-state index contributed by atoms with van der Waals surface area (Å²) in [7, 11) is 0. The van der Waals surface area contributed by atoms with Gasteiger partial charge in [0, 0.05) is 5.56 Å². The molecule has 3 aromatic rings. The summed E-state index contributed by atoms with van der Waals surface area (Å²) in [6.45, 7) is 0. The van der Waals surface area contributed by atoms with Crippen molar-refractivity contribution in [1.82, 2.24) is 0 Å². The van der Waals surface area contributed by atoms with Crippen LogP contribution in [0.5, 0.6) is 0 Å². The Morgan fingerprint density at radius 3 is 2.07 bits per heavy atom. The molecule has 5 nitrogen and oxygen atoms in total. The van der Waals surface area contributed by atoms with Crippen LogP contribution in [0.3, 0.4) is 0 Å². The number of benzene rings is 3. The van der Waals surface area contributed by atoms with Gasteiger partial charge in [-0.15, -0.1) is 0 Å². The van der Waals surface area contributed by atoms with E-state index >= 15 is 0 Å². The molecule has 0 saturated heterocycles. The summed E-state index contributed by atoms with van der Waals surface area (Å²) in [5, 5.41) is 15.0. The van der Waals surface area contributed by atoms with E-state index in [-0.39, 0.29) is 11.5 Å². The minimum absolute atomic E-state index is 0.197. The Morgan fingerprint density at radius 1 is 0.857 bits per heavy atom. The van der Waals surface area contributed by atoms with E-state index < -0.39 is 5.97 Å². The predicted molar refractivity (Wildman–Crippen MR) is 108 cm³/mol. The molecule has 1 heterocycles. The van der Waals surface area contributed by atoms with Gasteiger partial charge in [-0.2, -0.15) is 10.1 Å². The van der Waals surface area contributed by atoms with Crippen LogP contribution in [0.25, 0.3) is 6.08 Å². The second-order valence-corrected chi connectivity index (χ2v) is 6.25. The minimum Gasteiger partial charge on any atom is -0.478 e. The normalized spacial score (nSPS) is 15.0. The van der Waals surface area contributed by atoms with Crippen LogP contribution < -0.4 is 5.01 Å². The fourth-order valence-electron chi connectivity index (χ4n) is 2.99. The lowest BCUT2D eigenvalue weighted by molar-refractivity contribution is -0.114. The van der Waals surface area contributed by atoms with E-state index in [0.717, 1.165) is 11.1 Å². The molecular formula is C23H16N2O3. The van der Waals surface area contributed by atoms with Gasteiger partial charge in [-0.1, -0.05) is 60.7 Å². The zero-order valence-corrected chi connectivity index (χ0v) is 14.8. The van der Waals surface area contributed by atoms with Crippen LogP contribution in [-0.2, 0) is 4.79 Å². The highest BCUT2D eigenvalue weighted by atomic mass is 16.4. The summed E-state index contributed by atoms with van der Waals surface area (Å²) < 4.78 is 0. The van der Waals surface area contributed by atoms with Gasteiger partial charge in [0.2, 0.25) is 0 Å². The van der Waals surface area contributed by atoms with E-state index in [1.54, 1.807) is 18.2 Å². The first kappa shape index (κ1) is 17.4. The molecule has 0 unspecified atom stereocenters. The zero-order valence-electron chi connectivity index (χ0n) is 14.8. The highest BCUT2D eigenvalue weighted by molar-refractivity contribution is 6.37. The van der Waals surface area contributed by atoms with Gasteiger partial charge in [0.25, 0.3) is 5.91 Å². The molecule has 28 heavy (non-hydrogen) atoms. The molecule has 0 fully saturated rings. The van der Waals surface area contributed by atoms with Crippen LogP contribution in [0.15, 0.2) is 95.6 Å². The van der Waals surface area contributed by atoms with E-state index in [1.165, 1.54) is 17.1 Å². The third-order valence-corrected chi connectivity index (χ3v) is 4.39. The van der Waals surface area contributed by atoms with E-state index in [4.69, 9.17) is 5.11 Å². The number of hydrogen-bond donors (Lipinski definition) is 1. The van der Waals surface area contributed by atoms with Crippen molar-refractivity contribution in [3.8, 4) is 0 Å². The Hall–Kier alpha value is -3.99. The molecule has 0 aliphatic carbocycles. The minimum atomic E-state index is -0.988. The molecule has 0 bridgehead atoms. The lowest BCUT2D eigenvalue weighted by atomic mass is 10.00. The summed E-state index contributed by atoms with van der Waals surface area (Å²) in [4.78, 5) is 24.2. The summed E-state index contributed by atoms with van der Waals surface area (Å²) in [6, 6.07) is 25.1. The number of hydrazone groups is 1. The van der Waals surface area contributed by atoms with Crippen LogP contribution in [0.1, 0.15) is 21.5 Å². The second-order valence-electron chi connectivity index (χ2n) is 6.25. The van der Waals surface area contributed by atoms with Crippen molar-refractivity contribution >= 4 is 29.4 Å². The lowest BCUT2D eigenvalue weighted by Gasteiger charge is -2.10. The van der Waals surface area contributed by atoms with E-state index in [9.17, 15) is 9.59 Å². The molecule has 4 rings (SSSR count). The quantitative estimate of drug-likeness (QED) is 0.701. The van der Waals surface area contributed by atoms with E-state index in [0.29, 0.717) is 17.0 Å². The molecule has 136 valence electrons. The Kier molecular flexibility index (Phi) is 4.56. The van der Waals surface area contributed by atoms with Crippen LogP contribution in [0.4, 0.5) is 5.69 Å². The van der Waals surface area contributed by atoms with Crippen LogP contribution in [-0.4, -0.2) is 22.7 Å². The van der Waals surface area contributed by atoms with Crippen molar-refractivity contribution in [2.45, 2.75) is 0 Å². The summed E-state index contributed by atoms with van der Waals surface area (Å²) in [6.07, 6.45) is 1.74. The van der Waals surface area contributed by atoms with Gasteiger partial charge in [0.1, 0.15) is 5.71 Å². The van der Waals surface area contributed by atoms with E-state index in [1.807, 2.05) is 60.7 Å². The second kappa shape index (κ2) is 7.32. The monoisotopic (exact) mass is 368 g/mol. The number of aromatic carboxylic acids is 1. The first-order valence-electron chi connectivity index (χ1n) is 8.72. The topological polar surface area (TPSA) is 70.0 Å². The molecule has 5 heteroatoms. The largest absolute Gasteiger partial charge is 0.478 e. The summed E-state index contributed by atoms with van der Waals surface area (Å²) >= 11 is 0. The average molecular weight is 368 g/mol. The van der Waals surface area contributed by atoms with Gasteiger partial charge in [-0.05, 0) is 35.9 Å². The zero-order chi connectivity index (χ0) is 19.5. The summed E-state index contributed by atoms with van der Waals surface area (Å²) in [5.41, 5.74) is 3.48. The first-order chi connectivity index (χ1) is 13.6. The average Bonchev–Trinajstić information content (AvgIpc) is 3.06. The highest BCUT2D eigenvalue weighted by Gasteiger charge is 2.31. The van der Waals surface area contributed by atoms with Crippen molar-refractivity contribution in [1.29, 1.82) is 0 Å². The van der Waals surface area contributed by atoms with Crippen LogP contribution in [0.2, 0.25) is 0 Å². The Balaban J connectivity index is 1.78. The molecule has 0 atom stereocenters. The number of rotatable bonds is 4. The maximum absolute atomic E-state index is 13.1. The van der Waals surface area contributed by atoms with Crippen molar-refractivity contribution in [3.63, 3.8) is 0 Å². The number of para-hydroxylation sites is 1. The molecule has 0 aromatic heterocycles. The first-order valence-corrected chi connectivity index (χ1v) is 8.72. The third kappa shape index (κ3) is 3.33. The third-order valence-electron chi connectivity index (χ3n) is 4.39. The van der Waals surface area contributed by atoms with Crippen molar-refractivity contribution in [3.05, 3.63) is 107 Å². The van der Waals surface area contributed by atoms with E-state index in [2.05, 4.69) is 5.10 Å². The fourth-order valence-corrected chi connectivity index (χ4v) is 2.99. The lowest BCUT2D eigenvalue weighted by Crippen LogP contribution is -2.21. The summed E-state index contributed by atoms with van der Waals surface area (Å²) in [5.74, 6) is -1.22. The maximum atomic E-state index is 13.1. The number of carboxylic acids is 1. The maximum Gasteiger partial charge on any atom is 0.335 e. The van der Waals surface area contributed by atoms with Gasteiger partial charge < -0.3 is 5.11 Å². The molecule has 1 aliphatic rings. The SMILES string of the molecule is O=C(O)c1ccc(/C=C2\C(=O)N(c3ccccc3)N=C2c2ccccc2)cc1. The van der Waals surface area contributed by atoms with Gasteiger partial charge in [0.05, 0.1) is 16.8 Å². The number of carbonyl (C=O) groups is 2. The molecular weight excluding hydrogens is 352 g/mol. The molecule has 1 amide bonds. The predicted octanol–water partition coefficient (Wildman–Crippen LogP) is 4.22. The van der Waals surface area contributed by atoms with Crippen molar-refractivity contribution < 1.29 is 14.7 Å². The molecule has 0 radical (unpaired) electrons. The van der Waals surface area contributed by atoms with Gasteiger partial charge in [-0.3, -0.25) is 4.79 Å². The Bertz CT molecular complexity index is 1090. The number of anilines is 1. The molecule has 1 N–H and O–H groups in total. The molecule has 0 saturated carbocycles. The Labute approximate surface area is 161 Å². The number of carbonyl (C=O) groups excluding carboxylic acids is 1. The van der Waals surface area contributed by atoms with Crippen molar-refractivity contribution in [2.75, 3.05) is 5.01 Å². The Morgan fingerprint density at radius 2 is 1.46 bits per heavy atom. The van der Waals surface area contributed by atoms with Crippen LogP contribution in [0, 0.1) is 0 Å². The molecule has 0 spiro atoms. The van der Waals surface area contributed by atoms with Gasteiger partial charge in [0.15, 0.2) is 0 Å². The van der Waals surface area contributed by atoms with Crippen molar-refractivity contribution in [2.24, 2.45) is 5.10 Å². The van der Waals surface area contributed by atoms with Crippen LogP contribution >= 0.6 is 0 Å². The number of nitrogens with zero attached hydrogens (tertiary/aromatic N) is 2. The standard InChI is InChI=1S/C23H16N2O3/c26-22-20(15-16-11-13-18(14-12-16)23(27)28)21(17-7-3-1-4-8-17)24-25(22)19-9-5-2-6-10-19/h1-15H,(H,27,28)/b20-15-. The molecule has 1 aliphatic heterocycles. The fraction of sp³-hybridized carbons (Fsp3) is 0. The van der Waals surface area contributed by atoms with Gasteiger partial charge in [-0.25, -0.2) is 4.79 Å². The number of hydrogen-bond acceptors (Lipinski definition) is 3. The molecule has 3 aromatic carbocycles. The number of amides is 1.